The second-order valence-electron chi connectivity index (χ2n) is 6.83. The van der Waals surface area contributed by atoms with Gasteiger partial charge in [0.15, 0.2) is 5.75 Å². The number of aryl methyl sites for hydroxylation is 1. The summed E-state index contributed by atoms with van der Waals surface area (Å²) in [7, 11) is 3.21. The van der Waals surface area contributed by atoms with Gasteiger partial charge < -0.3 is 23.5 Å². The Balaban J connectivity index is 1.93. The molecule has 0 aliphatic rings. The number of rotatable bonds is 4. The van der Waals surface area contributed by atoms with Crippen LogP contribution in [-0.2, 0) is 7.05 Å². The fraction of sp³-hybridized carbons (Fsp3) is 0.136. The lowest BCUT2D eigenvalue weighted by molar-refractivity contribution is 0.103. The van der Waals surface area contributed by atoms with Crippen LogP contribution in [0, 0.1) is 6.92 Å². The van der Waals surface area contributed by atoms with Gasteiger partial charge in [-0.05, 0) is 37.3 Å². The SMILES string of the molecule is COc1c(C)c(C(=O)c2ccc3c(c2)c(=O)c(OC(=O)O)cn3C)n2ccccc12. The van der Waals surface area contributed by atoms with E-state index in [1.165, 1.54) is 12.3 Å². The van der Waals surface area contributed by atoms with E-state index in [1.54, 1.807) is 48.4 Å². The second-order valence-corrected chi connectivity index (χ2v) is 6.83. The third-order valence-electron chi connectivity index (χ3n) is 5.06. The molecule has 0 aliphatic heterocycles. The lowest BCUT2D eigenvalue weighted by atomic mass is 10.0. The van der Waals surface area contributed by atoms with E-state index in [4.69, 9.17) is 9.84 Å². The fourth-order valence-electron chi connectivity index (χ4n) is 3.75. The molecule has 0 spiro atoms. The number of aromatic nitrogens is 2. The van der Waals surface area contributed by atoms with Crippen molar-refractivity contribution >= 4 is 28.4 Å². The highest BCUT2D eigenvalue weighted by molar-refractivity contribution is 6.11. The topological polar surface area (TPSA) is 99.2 Å². The number of methoxy groups -OCH3 is 1. The number of carboxylic acid groups (broad SMARTS) is 1. The van der Waals surface area contributed by atoms with Crippen molar-refractivity contribution in [1.82, 2.24) is 8.97 Å². The van der Waals surface area contributed by atoms with Crippen LogP contribution in [0.3, 0.4) is 0 Å². The molecule has 0 bridgehead atoms. The van der Waals surface area contributed by atoms with Crippen LogP contribution in [0.1, 0.15) is 21.6 Å². The van der Waals surface area contributed by atoms with Crippen LogP contribution < -0.4 is 14.9 Å². The Morgan fingerprint density at radius 3 is 2.57 bits per heavy atom. The van der Waals surface area contributed by atoms with Crippen LogP contribution in [0.25, 0.3) is 16.4 Å². The first kappa shape index (κ1) is 19.3. The van der Waals surface area contributed by atoms with Gasteiger partial charge in [0.05, 0.1) is 29.7 Å². The van der Waals surface area contributed by atoms with Gasteiger partial charge >= 0.3 is 6.16 Å². The molecule has 152 valence electrons. The molecule has 0 radical (unpaired) electrons. The zero-order valence-electron chi connectivity index (χ0n) is 16.5. The third-order valence-corrected chi connectivity index (χ3v) is 5.06. The first-order chi connectivity index (χ1) is 14.3. The largest absolute Gasteiger partial charge is 0.511 e. The van der Waals surface area contributed by atoms with Crippen LogP contribution >= 0.6 is 0 Å². The minimum Gasteiger partial charge on any atom is -0.494 e. The van der Waals surface area contributed by atoms with Gasteiger partial charge in [0.2, 0.25) is 11.2 Å². The van der Waals surface area contributed by atoms with Crippen molar-refractivity contribution in [3.8, 4) is 11.5 Å². The van der Waals surface area contributed by atoms with Crippen LogP contribution in [0.4, 0.5) is 4.79 Å². The maximum atomic E-state index is 13.4. The number of fused-ring (bicyclic) bond motifs is 2. The molecule has 1 aromatic carbocycles. The normalized spacial score (nSPS) is 11.0. The summed E-state index contributed by atoms with van der Waals surface area (Å²) in [6.07, 6.45) is 1.49. The van der Waals surface area contributed by atoms with E-state index >= 15 is 0 Å². The standard InChI is InChI=1S/C22H18N2O6/c1-12-18(24-9-5-4-6-16(24)21(12)29-3)19(25)13-7-8-15-14(10-13)20(26)17(11-23(15)2)30-22(27)28/h4-11H,1-3H3,(H,27,28). The van der Waals surface area contributed by atoms with E-state index in [9.17, 15) is 14.4 Å². The summed E-state index contributed by atoms with van der Waals surface area (Å²) in [5, 5.41) is 9.05. The average Bonchev–Trinajstić information content (AvgIpc) is 3.01. The van der Waals surface area contributed by atoms with Crippen molar-refractivity contribution < 1.29 is 24.2 Å². The van der Waals surface area contributed by atoms with Crippen molar-refractivity contribution in [1.29, 1.82) is 0 Å². The molecule has 4 rings (SSSR count). The van der Waals surface area contributed by atoms with Crippen molar-refractivity contribution in [3.05, 3.63) is 75.8 Å². The molecule has 0 fully saturated rings. The summed E-state index contributed by atoms with van der Waals surface area (Å²) in [6, 6.07) is 10.3. The third kappa shape index (κ3) is 2.89. The molecule has 0 saturated heterocycles. The number of ketones is 1. The molecule has 8 heteroatoms. The number of carbonyl (C=O) groups is 2. The molecule has 4 aromatic rings. The van der Waals surface area contributed by atoms with Crippen LogP contribution in [0.5, 0.6) is 11.5 Å². The average molecular weight is 406 g/mol. The lowest BCUT2D eigenvalue weighted by Gasteiger charge is -2.10. The van der Waals surface area contributed by atoms with Gasteiger partial charge in [0.25, 0.3) is 0 Å². The van der Waals surface area contributed by atoms with Crippen LogP contribution in [0.2, 0.25) is 0 Å². The smallest absolute Gasteiger partial charge is 0.494 e. The lowest BCUT2D eigenvalue weighted by Crippen LogP contribution is -2.16. The molecule has 0 amide bonds. The number of hydrogen-bond donors (Lipinski definition) is 1. The van der Waals surface area contributed by atoms with Gasteiger partial charge in [0, 0.05) is 24.4 Å². The highest BCUT2D eigenvalue weighted by Gasteiger charge is 2.23. The van der Waals surface area contributed by atoms with E-state index in [-0.39, 0.29) is 16.9 Å². The molecule has 0 atom stereocenters. The van der Waals surface area contributed by atoms with Crippen molar-refractivity contribution in [2.24, 2.45) is 7.05 Å². The molecule has 0 unspecified atom stereocenters. The maximum absolute atomic E-state index is 13.4. The van der Waals surface area contributed by atoms with Gasteiger partial charge in [0.1, 0.15) is 11.4 Å². The van der Waals surface area contributed by atoms with Gasteiger partial charge in [-0.1, -0.05) is 6.07 Å². The Kier molecular flexibility index (Phi) is 4.54. The Bertz CT molecular complexity index is 1400. The fourth-order valence-corrected chi connectivity index (χ4v) is 3.75. The molecular weight excluding hydrogens is 388 g/mol. The maximum Gasteiger partial charge on any atom is 0.511 e. The number of nitrogens with zero attached hydrogens (tertiary/aromatic N) is 2. The van der Waals surface area contributed by atoms with E-state index in [1.807, 2.05) is 18.2 Å². The molecule has 3 aromatic heterocycles. The quantitative estimate of drug-likeness (QED) is 0.412. The first-order valence-electron chi connectivity index (χ1n) is 9.06. The molecule has 0 saturated carbocycles. The van der Waals surface area contributed by atoms with Crippen LogP contribution in [-0.4, -0.2) is 33.1 Å². The number of hydrogen-bond acceptors (Lipinski definition) is 5. The molecular formula is C22H18N2O6. The molecule has 1 N–H and O–H groups in total. The highest BCUT2D eigenvalue weighted by atomic mass is 16.7. The van der Waals surface area contributed by atoms with E-state index in [0.717, 1.165) is 5.52 Å². The van der Waals surface area contributed by atoms with Crippen molar-refractivity contribution in [2.75, 3.05) is 7.11 Å². The summed E-state index contributed by atoms with van der Waals surface area (Å²) in [6.45, 7) is 1.80. The van der Waals surface area contributed by atoms with Gasteiger partial charge in [-0.15, -0.1) is 0 Å². The summed E-state index contributed by atoms with van der Waals surface area (Å²) >= 11 is 0. The minimum absolute atomic E-state index is 0.188. The molecule has 8 nitrogen and oxygen atoms in total. The summed E-state index contributed by atoms with van der Waals surface area (Å²) < 4.78 is 13.4. The predicted octanol–water partition coefficient (Wildman–Crippen LogP) is 3.40. The minimum atomic E-state index is -1.58. The van der Waals surface area contributed by atoms with Crippen molar-refractivity contribution in [3.63, 3.8) is 0 Å². The summed E-state index contributed by atoms with van der Waals surface area (Å²) in [5.41, 5.74) is 2.11. The number of benzene rings is 1. The monoisotopic (exact) mass is 406 g/mol. The summed E-state index contributed by atoms with van der Waals surface area (Å²) in [5.74, 6) is -0.00797. The first-order valence-corrected chi connectivity index (χ1v) is 9.06. The zero-order valence-corrected chi connectivity index (χ0v) is 16.5. The van der Waals surface area contributed by atoms with Gasteiger partial charge in [-0.3, -0.25) is 9.59 Å². The Labute approximate surface area is 170 Å². The molecule has 3 heterocycles. The van der Waals surface area contributed by atoms with E-state index in [2.05, 4.69) is 4.74 Å². The van der Waals surface area contributed by atoms with E-state index < -0.39 is 11.6 Å². The Hall–Kier alpha value is -4.07. The Morgan fingerprint density at radius 1 is 1.10 bits per heavy atom. The number of ether oxygens (including phenoxy) is 2. The van der Waals surface area contributed by atoms with Gasteiger partial charge in [-0.25, -0.2) is 4.79 Å². The second kappa shape index (κ2) is 7.07. The number of carbonyl (C=O) groups excluding carboxylic acids is 1. The zero-order chi connectivity index (χ0) is 21.6. The summed E-state index contributed by atoms with van der Waals surface area (Å²) in [4.78, 5) is 37.0. The van der Waals surface area contributed by atoms with Crippen LogP contribution in [0.15, 0.2) is 53.6 Å². The van der Waals surface area contributed by atoms with E-state index in [0.29, 0.717) is 28.1 Å². The predicted molar refractivity (Wildman–Crippen MR) is 110 cm³/mol. The molecule has 30 heavy (non-hydrogen) atoms. The highest BCUT2D eigenvalue weighted by Crippen LogP contribution is 2.32. The van der Waals surface area contributed by atoms with Gasteiger partial charge in [-0.2, -0.15) is 0 Å². The Morgan fingerprint density at radius 2 is 1.87 bits per heavy atom. The van der Waals surface area contributed by atoms with Crippen molar-refractivity contribution in [2.45, 2.75) is 6.92 Å². The molecule has 0 aliphatic carbocycles. The number of pyridine rings is 2.